The summed E-state index contributed by atoms with van der Waals surface area (Å²) in [6.07, 6.45) is 3.36. The summed E-state index contributed by atoms with van der Waals surface area (Å²) in [5.41, 5.74) is 13.7. The number of hydrogen-bond donors (Lipinski definition) is 3. The highest BCUT2D eigenvalue weighted by Gasteiger charge is 2.13. The molecule has 0 aliphatic rings. The van der Waals surface area contributed by atoms with Gasteiger partial charge in [0, 0.05) is 11.9 Å². The molecule has 2 rings (SSSR count). The molecule has 5 N–H and O–H groups in total. The fourth-order valence-electron chi connectivity index (χ4n) is 1.72. The van der Waals surface area contributed by atoms with E-state index >= 15 is 0 Å². The number of rotatable bonds is 3. The molecule has 1 aromatic heterocycles. The van der Waals surface area contributed by atoms with Gasteiger partial charge in [-0.15, -0.1) is 0 Å². The Labute approximate surface area is 115 Å². The molecule has 0 aliphatic carbocycles. The maximum absolute atomic E-state index is 11.4. The minimum absolute atomic E-state index is 0.242. The molecular weight excluding hydrogens is 264 g/mol. The predicted molar refractivity (Wildman–Crippen MR) is 76.6 cm³/mol. The van der Waals surface area contributed by atoms with Crippen LogP contribution in [0.3, 0.4) is 0 Å². The molecule has 0 saturated carbocycles. The number of nitrogens with two attached hydrogens (primary N) is 2. The monoisotopic (exact) mass is 276 g/mol. The van der Waals surface area contributed by atoms with Crippen molar-refractivity contribution >= 4 is 34.6 Å². The van der Waals surface area contributed by atoms with Crippen LogP contribution in [0.5, 0.6) is 0 Å². The number of halogens is 1. The summed E-state index contributed by atoms with van der Waals surface area (Å²) in [6, 6.07) is 4.92. The Bertz CT molecular complexity index is 643. The Balaban J connectivity index is 2.47. The number of benzene rings is 1. The van der Waals surface area contributed by atoms with Crippen molar-refractivity contribution in [2.45, 2.75) is 6.92 Å². The highest BCUT2D eigenvalue weighted by atomic mass is 35.5. The van der Waals surface area contributed by atoms with Gasteiger partial charge < -0.3 is 16.8 Å². The quantitative estimate of drug-likeness (QED) is 0.751. The Morgan fingerprint density at radius 2 is 2.05 bits per heavy atom. The van der Waals surface area contributed by atoms with Gasteiger partial charge in [0.05, 0.1) is 28.2 Å². The molecule has 6 heteroatoms. The molecule has 0 saturated heterocycles. The maximum Gasteiger partial charge on any atom is 0.250 e. The van der Waals surface area contributed by atoms with Gasteiger partial charge in [0.1, 0.15) is 0 Å². The van der Waals surface area contributed by atoms with Crippen LogP contribution < -0.4 is 16.8 Å². The molecule has 0 aliphatic heterocycles. The van der Waals surface area contributed by atoms with Crippen molar-refractivity contribution < 1.29 is 4.79 Å². The van der Waals surface area contributed by atoms with Crippen LogP contribution in [-0.4, -0.2) is 10.9 Å². The second-order valence-corrected chi connectivity index (χ2v) is 4.57. The third-order valence-electron chi connectivity index (χ3n) is 2.52. The van der Waals surface area contributed by atoms with E-state index in [0.29, 0.717) is 22.1 Å². The van der Waals surface area contributed by atoms with Crippen LogP contribution in [0.2, 0.25) is 5.02 Å². The van der Waals surface area contributed by atoms with E-state index < -0.39 is 5.91 Å². The zero-order valence-electron chi connectivity index (χ0n) is 10.3. The third-order valence-corrected chi connectivity index (χ3v) is 2.82. The van der Waals surface area contributed by atoms with E-state index in [1.807, 2.05) is 13.0 Å². The fourth-order valence-corrected chi connectivity index (χ4v) is 1.99. The Morgan fingerprint density at radius 3 is 2.68 bits per heavy atom. The minimum Gasteiger partial charge on any atom is -0.399 e. The van der Waals surface area contributed by atoms with Crippen LogP contribution in [0.1, 0.15) is 15.9 Å². The number of nitrogen functional groups attached to an aromatic ring is 1. The number of hydrogen-bond acceptors (Lipinski definition) is 4. The van der Waals surface area contributed by atoms with Crippen LogP contribution in [0.25, 0.3) is 0 Å². The average Bonchev–Trinajstić information content (AvgIpc) is 2.32. The molecule has 0 radical (unpaired) electrons. The van der Waals surface area contributed by atoms with Gasteiger partial charge in [-0.1, -0.05) is 11.6 Å². The van der Waals surface area contributed by atoms with Crippen LogP contribution in [-0.2, 0) is 0 Å². The second-order valence-electron chi connectivity index (χ2n) is 4.17. The van der Waals surface area contributed by atoms with Crippen molar-refractivity contribution in [1.29, 1.82) is 0 Å². The summed E-state index contributed by atoms with van der Waals surface area (Å²) >= 11 is 6.10. The van der Waals surface area contributed by atoms with E-state index in [9.17, 15) is 4.79 Å². The molecule has 5 nitrogen and oxygen atoms in total. The van der Waals surface area contributed by atoms with Gasteiger partial charge in [-0.05, 0) is 30.7 Å². The molecular formula is C13H13ClN4O. The fraction of sp³-hybridized carbons (Fsp3) is 0.0769. The Hall–Kier alpha value is -2.27. The van der Waals surface area contributed by atoms with Gasteiger partial charge in [-0.25, -0.2) is 0 Å². The number of amides is 1. The zero-order chi connectivity index (χ0) is 14.0. The molecule has 0 bridgehead atoms. The number of aromatic nitrogens is 1. The molecule has 0 spiro atoms. The van der Waals surface area contributed by atoms with Crippen LogP contribution in [0, 0.1) is 6.92 Å². The van der Waals surface area contributed by atoms with Gasteiger partial charge in [-0.3, -0.25) is 9.78 Å². The normalized spacial score (nSPS) is 10.2. The number of nitrogens with zero attached hydrogens (tertiary/aromatic N) is 1. The Kier molecular flexibility index (Phi) is 3.57. The molecule has 0 atom stereocenters. The van der Waals surface area contributed by atoms with E-state index in [1.54, 1.807) is 18.5 Å². The number of carbonyl (C=O) groups excluding carboxylic acids is 1. The third kappa shape index (κ3) is 2.95. The minimum atomic E-state index is -0.600. The lowest BCUT2D eigenvalue weighted by Crippen LogP contribution is -2.14. The van der Waals surface area contributed by atoms with Gasteiger partial charge in [0.15, 0.2) is 0 Å². The van der Waals surface area contributed by atoms with Crippen molar-refractivity contribution in [1.82, 2.24) is 4.98 Å². The summed E-state index contributed by atoms with van der Waals surface area (Å²) in [6.45, 7) is 1.91. The first-order chi connectivity index (χ1) is 8.97. The predicted octanol–water partition coefficient (Wildman–Crippen LogP) is 2.47. The van der Waals surface area contributed by atoms with Gasteiger partial charge in [0.25, 0.3) is 5.91 Å². The van der Waals surface area contributed by atoms with E-state index in [1.165, 1.54) is 6.07 Å². The van der Waals surface area contributed by atoms with Crippen molar-refractivity contribution in [2.24, 2.45) is 5.73 Å². The highest BCUT2D eigenvalue weighted by molar-refractivity contribution is 6.34. The average molecular weight is 277 g/mol. The molecule has 0 fully saturated rings. The SMILES string of the molecule is Cc1cncc(Nc2c(Cl)cc(N)cc2C(N)=O)c1. The molecule has 19 heavy (non-hydrogen) atoms. The van der Waals surface area contributed by atoms with Crippen molar-refractivity contribution in [2.75, 3.05) is 11.1 Å². The number of nitrogens with one attached hydrogen (secondary N) is 1. The number of primary amides is 1. The van der Waals surface area contributed by atoms with Crippen LogP contribution in [0.15, 0.2) is 30.6 Å². The van der Waals surface area contributed by atoms with Gasteiger partial charge >= 0.3 is 0 Å². The lowest BCUT2D eigenvalue weighted by Gasteiger charge is -2.13. The smallest absolute Gasteiger partial charge is 0.250 e. The standard InChI is InChI=1S/C13H13ClN4O/c1-7-2-9(6-17-5-7)18-12-10(13(16)19)3-8(15)4-11(12)14/h2-6,18H,15H2,1H3,(H2,16,19). The number of carbonyl (C=O) groups is 1. The van der Waals surface area contributed by atoms with Crippen LogP contribution in [0.4, 0.5) is 17.1 Å². The maximum atomic E-state index is 11.4. The molecule has 1 amide bonds. The summed E-state index contributed by atoms with van der Waals surface area (Å²) in [5.74, 6) is -0.600. The number of aryl methyl sites for hydroxylation is 1. The number of pyridine rings is 1. The first-order valence-electron chi connectivity index (χ1n) is 5.55. The molecule has 1 aromatic carbocycles. The zero-order valence-corrected chi connectivity index (χ0v) is 11.0. The molecule has 0 unspecified atom stereocenters. The molecule has 1 heterocycles. The summed E-state index contributed by atoms with van der Waals surface area (Å²) < 4.78 is 0. The topological polar surface area (TPSA) is 94.0 Å². The molecule has 2 aromatic rings. The highest BCUT2D eigenvalue weighted by Crippen LogP contribution is 2.31. The number of anilines is 3. The first kappa shape index (κ1) is 13.2. The summed E-state index contributed by atoms with van der Waals surface area (Å²) in [7, 11) is 0. The van der Waals surface area contributed by atoms with Gasteiger partial charge in [-0.2, -0.15) is 0 Å². The van der Waals surface area contributed by atoms with E-state index in [0.717, 1.165) is 5.56 Å². The van der Waals surface area contributed by atoms with Crippen molar-refractivity contribution in [3.8, 4) is 0 Å². The second kappa shape index (κ2) is 5.16. The summed E-state index contributed by atoms with van der Waals surface area (Å²) in [4.78, 5) is 15.5. The van der Waals surface area contributed by atoms with Crippen LogP contribution >= 0.6 is 11.6 Å². The largest absolute Gasteiger partial charge is 0.399 e. The summed E-state index contributed by atoms with van der Waals surface area (Å²) in [5, 5.41) is 3.37. The van der Waals surface area contributed by atoms with E-state index in [2.05, 4.69) is 10.3 Å². The van der Waals surface area contributed by atoms with E-state index in [-0.39, 0.29) is 5.56 Å². The first-order valence-corrected chi connectivity index (χ1v) is 5.92. The van der Waals surface area contributed by atoms with E-state index in [4.69, 9.17) is 23.1 Å². The lowest BCUT2D eigenvalue weighted by atomic mass is 10.1. The Morgan fingerprint density at radius 1 is 1.32 bits per heavy atom. The lowest BCUT2D eigenvalue weighted by molar-refractivity contribution is 0.100. The molecule has 98 valence electrons. The van der Waals surface area contributed by atoms with Crippen molar-refractivity contribution in [3.63, 3.8) is 0 Å². The van der Waals surface area contributed by atoms with Gasteiger partial charge in [0.2, 0.25) is 0 Å². The van der Waals surface area contributed by atoms with Crippen molar-refractivity contribution in [3.05, 3.63) is 46.7 Å².